The molecule has 0 aliphatic carbocycles. The number of nitrogens with one attached hydrogen (secondary N) is 1. The average Bonchev–Trinajstić information content (AvgIpc) is 2.65. The summed E-state index contributed by atoms with van der Waals surface area (Å²) in [6.45, 7) is 0.430. The summed E-state index contributed by atoms with van der Waals surface area (Å²) in [6.07, 6.45) is 0.491. The van der Waals surface area contributed by atoms with E-state index in [0.29, 0.717) is 18.6 Å². The summed E-state index contributed by atoms with van der Waals surface area (Å²) in [4.78, 5) is 11.8. The largest absolute Gasteiger partial charge is 0.396 e. The van der Waals surface area contributed by atoms with Gasteiger partial charge in [0.25, 0.3) is 5.91 Å². The number of amides is 1. The Morgan fingerprint density at radius 1 is 1.75 bits per heavy atom. The van der Waals surface area contributed by atoms with Crippen molar-refractivity contribution in [2.45, 2.75) is 12.5 Å². The predicted octanol–water partition coefficient (Wildman–Crippen LogP) is 1.64. The molecule has 0 aliphatic heterocycles. The first-order chi connectivity index (χ1) is 7.67. The highest BCUT2D eigenvalue weighted by atomic mass is 79.9. The van der Waals surface area contributed by atoms with Crippen molar-refractivity contribution in [1.29, 1.82) is 0 Å². The third-order valence-corrected chi connectivity index (χ3v) is 3.51. The van der Waals surface area contributed by atoms with Gasteiger partial charge >= 0.3 is 0 Å². The van der Waals surface area contributed by atoms with Gasteiger partial charge in [-0.1, -0.05) is 0 Å². The molecule has 4 nitrogen and oxygen atoms in total. The lowest BCUT2D eigenvalue weighted by molar-refractivity contribution is 0.0879. The van der Waals surface area contributed by atoms with E-state index in [0.717, 1.165) is 3.79 Å². The minimum Gasteiger partial charge on any atom is -0.396 e. The number of methoxy groups -OCH3 is 1. The molecule has 0 bridgehead atoms. The van der Waals surface area contributed by atoms with Crippen LogP contribution >= 0.6 is 27.3 Å². The molecule has 0 saturated carbocycles. The van der Waals surface area contributed by atoms with E-state index in [2.05, 4.69) is 21.2 Å². The zero-order valence-electron chi connectivity index (χ0n) is 8.90. The molecule has 0 spiro atoms. The van der Waals surface area contributed by atoms with Gasteiger partial charge in [0.15, 0.2) is 0 Å². The van der Waals surface area contributed by atoms with Crippen LogP contribution < -0.4 is 5.32 Å². The lowest BCUT2D eigenvalue weighted by Crippen LogP contribution is -2.38. The van der Waals surface area contributed by atoms with Gasteiger partial charge in [-0.3, -0.25) is 4.79 Å². The van der Waals surface area contributed by atoms with Gasteiger partial charge in [-0.25, -0.2) is 0 Å². The Kier molecular flexibility index (Phi) is 5.97. The normalized spacial score (nSPS) is 12.4. The molecule has 1 aromatic rings. The van der Waals surface area contributed by atoms with Gasteiger partial charge in [0, 0.05) is 19.1 Å². The first-order valence-electron chi connectivity index (χ1n) is 4.82. The second-order valence-corrected chi connectivity index (χ2v) is 5.57. The first-order valence-corrected chi connectivity index (χ1v) is 6.49. The Hall–Kier alpha value is -0.430. The fourth-order valence-electron chi connectivity index (χ4n) is 1.25. The molecule has 0 fully saturated rings. The topological polar surface area (TPSA) is 58.6 Å². The highest BCUT2D eigenvalue weighted by Gasteiger charge is 2.14. The van der Waals surface area contributed by atoms with E-state index in [1.165, 1.54) is 11.3 Å². The zero-order chi connectivity index (χ0) is 12.0. The SMILES string of the molecule is COCC(CCO)NC(=O)c1csc(Br)c1. The van der Waals surface area contributed by atoms with Crippen molar-refractivity contribution < 1.29 is 14.6 Å². The average molecular weight is 308 g/mol. The number of aliphatic hydroxyl groups is 1. The number of rotatable bonds is 6. The number of aliphatic hydroxyl groups excluding tert-OH is 1. The second kappa shape index (κ2) is 7.01. The van der Waals surface area contributed by atoms with Gasteiger partial charge in [-0.05, 0) is 28.4 Å². The molecule has 0 saturated heterocycles. The number of carbonyl (C=O) groups excluding carboxylic acids is 1. The van der Waals surface area contributed by atoms with Crippen molar-refractivity contribution in [1.82, 2.24) is 5.32 Å². The summed E-state index contributed by atoms with van der Waals surface area (Å²) in [6, 6.07) is 1.61. The molecule has 6 heteroatoms. The summed E-state index contributed by atoms with van der Waals surface area (Å²) < 4.78 is 5.89. The van der Waals surface area contributed by atoms with Crippen LogP contribution in [0.5, 0.6) is 0 Å². The van der Waals surface area contributed by atoms with Gasteiger partial charge in [0.2, 0.25) is 0 Å². The Morgan fingerprint density at radius 2 is 2.50 bits per heavy atom. The molecule has 1 rings (SSSR count). The Balaban J connectivity index is 2.54. The summed E-state index contributed by atoms with van der Waals surface area (Å²) in [5.41, 5.74) is 0.621. The Morgan fingerprint density at radius 3 is 3.00 bits per heavy atom. The molecule has 2 N–H and O–H groups in total. The van der Waals surface area contributed by atoms with E-state index in [4.69, 9.17) is 9.84 Å². The number of hydrogen-bond acceptors (Lipinski definition) is 4. The number of halogens is 1. The molecule has 90 valence electrons. The quantitative estimate of drug-likeness (QED) is 0.840. The summed E-state index contributed by atoms with van der Waals surface area (Å²) in [5, 5.41) is 13.4. The van der Waals surface area contributed by atoms with Gasteiger partial charge in [0.05, 0.1) is 22.0 Å². The number of thiophene rings is 1. The van der Waals surface area contributed by atoms with E-state index in [9.17, 15) is 4.79 Å². The fraction of sp³-hybridized carbons (Fsp3) is 0.500. The van der Waals surface area contributed by atoms with E-state index in [1.807, 2.05) is 0 Å². The van der Waals surface area contributed by atoms with E-state index < -0.39 is 0 Å². The maximum Gasteiger partial charge on any atom is 0.252 e. The standard InChI is InChI=1S/C10H14BrNO3S/c1-15-5-8(2-3-13)12-10(14)7-4-9(11)16-6-7/h4,6,8,13H,2-3,5H2,1H3,(H,12,14). The van der Waals surface area contributed by atoms with Crippen LogP contribution in [-0.4, -0.2) is 37.4 Å². The van der Waals surface area contributed by atoms with E-state index in [1.54, 1.807) is 18.6 Å². The van der Waals surface area contributed by atoms with E-state index in [-0.39, 0.29) is 18.6 Å². The summed E-state index contributed by atoms with van der Waals surface area (Å²) in [5.74, 6) is -0.141. The molecule has 0 aliphatic rings. The smallest absolute Gasteiger partial charge is 0.252 e. The van der Waals surface area contributed by atoms with E-state index >= 15 is 0 Å². The van der Waals surface area contributed by atoms with Crippen LogP contribution in [0, 0.1) is 0 Å². The molecule has 1 unspecified atom stereocenters. The number of hydrogen-bond donors (Lipinski definition) is 2. The van der Waals surface area contributed by atoms with Crippen molar-refractivity contribution in [3.8, 4) is 0 Å². The third-order valence-electron chi connectivity index (χ3n) is 2.01. The van der Waals surface area contributed by atoms with Crippen LogP contribution in [0.25, 0.3) is 0 Å². The van der Waals surface area contributed by atoms with Gasteiger partial charge < -0.3 is 15.2 Å². The molecular formula is C10H14BrNO3S. The maximum absolute atomic E-state index is 11.8. The van der Waals surface area contributed by atoms with Crippen LogP contribution in [0.3, 0.4) is 0 Å². The molecule has 1 atom stereocenters. The lowest BCUT2D eigenvalue weighted by atomic mass is 10.2. The lowest BCUT2D eigenvalue weighted by Gasteiger charge is -2.16. The molecule has 16 heavy (non-hydrogen) atoms. The first kappa shape index (κ1) is 13.6. The summed E-state index contributed by atoms with van der Waals surface area (Å²) >= 11 is 4.76. The third kappa shape index (κ3) is 4.21. The molecule has 1 heterocycles. The van der Waals surface area contributed by atoms with Crippen molar-refractivity contribution in [2.24, 2.45) is 0 Å². The minimum atomic E-state index is -0.152. The molecular weight excluding hydrogens is 294 g/mol. The van der Waals surface area contributed by atoms with Gasteiger partial charge in [-0.15, -0.1) is 11.3 Å². The number of carbonyl (C=O) groups is 1. The monoisotopic (exact) mass is 307 g/mol. The molecule has 0 radical (unpaired) electrons. The van der Waals surface area contributed by atoms with Crippen molar-refractivity contribution in [3.05, 3.63) is 20.8 Å². The maximum atomic E-state index is 11.8. The van der Waals surface area contributed by atoms with Crippen molar-refractivity contribution >= 4 is 33.2 Å². The fourth-order valence-corrected chi connectivity index (χ4v) is 2.39. The van der Waals surface area contributed by atoms with Gasteiger partial charge in [0.1, 0.15) is 0 Å². The van der Waals surface area contributed by atoms with Crippen LogP contribution in [0.2, 0.25) is 0 Å². The van der Waals surface area contributed by atoms with Crippen molar-refractivity contribution in [2.75, 3.05) is 20.3 Å². The highest BCUT2D eigenvalue weighted by Crippen LogP contribution is 2.20. The molecule has 1 amide bonds. The Bertz CT molecular complexity index is 337. The second-order valence-electron chi connectivity index (χ2n) is 3.28. The molecule has 0 aromatic carbocycles. The van der Waals surface area contributed by atoms with Gasteiger partial charge in [-0.2, -0.15) is 0 Å². The minimum absolute atomic E-state index is 0.0294. The van der Waals surface area contributed by atoms with Crippen LogP contribution in [0.15, 0.2) is 15.2 Å². The zero-order valence-corrected chi connectivity index (χ0v) is 11.3. The molecule has 1 aromatic heterocycles. The number of ether oxygens (including phenoxy) is 1. The van der Waals surface area contributed by atoms with Crippen LogP contribution in [-0.2, 0) is 4.74 Å². The Labute approximate surface area is 107 Å². The van der Waals surface area contributed by atoms with Crippen molar-refractivity contribution in [3.63, 3.8) is 0 Å². The van der Waals surface area contributed by atoms with Crippen LogP contribution in [0.4, 0.5) is 0 Å². The highest BCUT2D eigenvalue weighted by molar-refractivity contribution is 9.11. The summed E-state index contributed by atoms with van der Waals surface area (Å²) in [7, 11) is 1.57. The van der Waals surface area contributed by atoms with Crippen LogP contribution in [0.1, 0.15) is 16.8 Å². The predicted molar refractivity (Wildman–Crippen MR) is 66.9 cm³/mol.